The number of benzene rings is 2. The fourth-order valence-corrected chi connectivity index (χ4v) is 5.63. The van der Waals surface area contributed by atoms with Gasteiger partial charge in [-0.1, -0.05) is 149 Å². The molecule has 0 bridgehead atoms. The fourth-order valence-electron chi connectivity index (χ4n) is 5.63. The van der Waals surface area contributed by atoms with Gasteiger partial charge in [-0.3, -0.25) is 9.80 Å². The summed E-state index contributed by atoms with van der Waals surface area (Å²) in [7, 11) is 4.52. The lowest BCUT2D eigenvalue weighted by Crippen LogP contribution is -2.33. The standard InChI is InChI=1S/C40H60N2/c1-5-7-9-11-13-15-17-25-31-39(41(3)35-37-27-21-19-22-28-37)33-34-40(32-26-18-16-14-12-10-8-6-2)42(4)36-38-29-23-20-24-30-38/h5-6,19-24,27-30,39-40H,1-2,7-18,25-26,31-32,35-36H2,3-4H3. The van der Waals surface area contributed by atoms with Crippen molar-refractivity contribution in [1.29, 1.82) is 0 Å². The van der Waals surface area contributed by atoms with E-state index >= 15 is 0 Å². The molecule has 2 unspecified atom stereocenters. The number of unbranched alkanes of at least 4 members (excludes halogenated alkanes) is 12. The third-order valence-electron chi connectivity index (χ3n) is 8.30. The maximum atomic E-state index is 3.85. The van der Waals surface area contributed by atoms with E-state index in [4.69, 9.17) is 0 Å². The highest BCUT2D eigenvalue weighted by molar-refractivity contribution is 5.19. The van der Waals surface area contributed by atoms with Crippen LogP contribution in [0.1, 0.15) is 114 Å². The van der Waals surface area contributed by atoms with E-state index < -0.39 is 0 Å². The first-order valence-corrected chi connectivity index (χ1v) is 16.8. The summed E-state index contributed by atoms with van der Waals surface area (Å²) in [5, 5.41) is 0. The zero-order valence-corrected chi connectivity index (χ0v) is 27.1. The average Bonchev–Trinajstić information content (AvgIpc) is 3.01. The SMILES string of the molecule is C=CCCCCCCCCC(C#CC(CCCCCCCCC=C)N(C)Cc1ccccc1)N(C)Cc1ccccc1. The molecule has 0 amide bonds. The number of allylic oxidation sites excluding steroid dienone is 2. The van der Waals surface area contributed by atoms with Crippen LogP contribution >= 0.6 is 0 Å². The van der Waals surface area contributed by atoms with Gasteiger partial charge in [-0.2, -0.15) is 0 Å². The number of hydrogen-bond donors (Lipinski definition) is 0. The second-order valence-corrected chi connectivity index (χ2v) is 12.1. The molecule has 0 aliphatic rings. The van der Waals surface area contributed by atoms with Gasteiger partial charge in [0.2, 0.25) is 0 Å². The van der Waals surface area contributed by atoms with Crippen LogP contribution in [-0.2, 0) is 13.1 Å². The van der Waals surface area contributed by atoms with Crippen molar-refractivity contribution in [1.82, 2.24) is 9.80 Å². The average molecular weight is 569 g/mol. The summed E-state index contributed by atoms with van der Waals surface area (Å²) >= 11 is 0. The van der Waals surface area contributed by atoms with E-state index in [2.05, 4.69) is 110 Å². The molecule has 2 aromatic carbocycles. The summed E-state index contributed by atoms with van der Waals surface area (Å²) in [6.07, 6.45) is 24.3. The Morgan fingerprint density at radius 1 is 0.524 bits per heavy atom. The normalized spacial score (nSPS) is 12.6. The fraction of sp³-hybridized carbons (Fsp3) is 0.550. The number of hydrogen-bond acceptors (Lipinski definition) is 2. The van der Waals surface area contributed by atoms with Crippen LogP contribution in [0.4, 0.5) is 0 Å². The van der Waals surface area contributed by atoms with E-state index in [0.29, 0.717) is 0 Å². The second kappa shape index (κ2) is 23.9. The van der Waals surface area contributed by atoms with Crippen molar-refractivity contribution in [2.24, 2.45) is 0 Å². The Labute approximate surface area is 260 Å². The Hall–Kier alpha value is -2.60. The first-order chi connectivity index (χ1) is 20.6. The topological polar surface area (TPSA) is 6.48 Å². The molecule has 0 spiro atoms. The van der Waals surface area contributed by atoms with Crippen LogP contribution in [-0.4, -0.2) is 36.0 Å². The van der Waals surface area contributed by atoms with Gasteiger partial charge in [0.25, 0.3) is 0 Å². The minimum atomic E-state index is 0.281. The lowest BCUT2D eigenvalue weighted by Gasteiger charge is -2.26. The molecule has 0 N–H and O–H groups in total. The second-order valence-electron chi connectivity index (χ2n) is 12.1. The van der Waals surface area contributed by atoms with Crippen LogP contribution in [0.15, 0.2) is 86.0 Å². The van der Waals surface area contributed by atoms with E-state index in [9.17, 15) is 0 Å². The van der Waals surface area contributed by atoms with Crippen LogP contribution in [0.25, 0.3) is 0 Å². The van der Waals surface area contributed by atoms with E-state index in [0.717, 1.165) is 38.8 Å². The predicted octanol–water partition coefficient (Wildman–Crippen LogP) is 10.6. The van der Waals surface area contributed by atoms with Gasteiger partial charge in [0, 0.05) is 13.1 Å². The van der Waals surface area contributed by atoms with Crippen molar-refractivity contribution in [3.8, 4) is 11.8 Å². The van der Waals surface area contributed by atoms with Gasteiger partial charge < -0.3 is 0 Å². The van der Waals surface area contributed by atoms with Crippen molar-refractivity contribution in [2.45, 2.75) is 128 Å². The summed E-state index contributed by atoms with van der Waals surface area (Å²) in [5.41, 5.74) is 2.72. The largest absolute Gasteiger partial charge is 0.289 e. The molecule has 0 fully saturated rings. The molecular formula is C40H60N2. The van der Waals surface area contributed by atoms with Crippen molar-refractivity contribution in [3.63, 3.8) is 0 Å². The maximum Gasteiger partial charge on any atom is 0.0715 e. The highest BCUT2D eigenvalue weighted by Crippen LogP contribution is 2.17. The molecule has 0 aliphatic heterocycles. The van der Waals surface area contributed by atoms with Crippen molar-refractivity contribution < 1.29 is 0 Å². The van der Waals surface area contributed by atoms with Gasteiger partial charge in [-0.15, -0.1) is 13.2 Å². The molecule has 2 heteroatoms. The molecular weight excluding hydrogens is 508 g/mol. The Kier molecular flexibility index (Phi) is 20.3. The van der Waals surface area contributed by atoms with Crippen LogP contribution in [0.3, 0.4) is 0 Å². The van der Waals surface area contributed by atoms with Crippen LogP contribution in [0, 0.1) is 11.8 Å². The molecule has 2 rings (SSSR count). The summed E-state index contributed by atoms with van der Waals surface area (Å²) in [4.78, 5) is 4.95. The number of nitrogens with zero attached hydrogens (tertiary/aromatic N) is 2. The highest BCUT2D eigenvalue weighted by atomic mass is 15.1. The van der Waals surface area contributed by atoms with Gasteiger partial charge >= 0.3 is 0 Å². The molecule has 2 atom stereocenters. The molecule has 0 radical (unpaired) electrons. The van der Waals surface area contributed by atoms with Gasteiger partial charge in [-0.25, -0.2) is 0 Å². The van der Waals surface area contributed by atoms with Gasteiger partial charge in [0.1, 0.15) is 0 Å². The molecule has 0 heterocycles. The molecule has 2 nitrogen and oxygen atoms in total. The Bertz CT molecular complexity index is 907. The maximum absolute atomic E-state index is 3.85. The Balaban J connectivity index is 2.03. The molecule has 2 aromatic rings. The highest BCUT2D eigenvalue weighted by Gasteiger charge is 2.16. The molecule has 42 heavy (non-hydrogen) atoms. The molecule has 0 aromatic heterocycles. The molecule has 0 saturated carbocycles. The van der Waals surface area contributed by atoms with Gasteiger partial charge in [0.05, 0.1) is 12.1 Å². The van der Waals surface area contributed by atoms with E-state index in [-0.39, 0.29) is 12.1 Å². The number of rotatable bonds is 24. The Morgan fingerprint density at radius 2 is 0.857 bits per heavy atom. The smallest absolute Gasteiger partial charge is 0.0715 e. The van der Waals surface area contributed by atoms with Gasteiger partial charge in [0.15, 0.2) is 0 Å². The van der Waals surface area contributed by atoms with E-state index in [1.54, 1.807) is 0 Å². The van der Waals surface area contributed by atoms with E-state index in [1.807, 2.05) is 12.2 Å². The van der Waals surface area contributed by atoms with Crippen LogP contribution < -0.4 is 0 Å². The third kappa shape index (κ3) is 16.7. The lowest BCUT2D eigenvalue weighted by molar-refractivity contribution is 0.256. The summed E-state index contributed by atoms with van der Waals surface area (Å²) in [6.45, 7) is 9.58. The predicted molar refractivity (Wildman–Crippen MR) is 185 cm³/mol. The third-order valence-corrected chi connectivity index (χ3v) is 8.30. The van der Waals surface area contributed by atoms with Crippen molar-refractivity contribution >= 4 is 0 Å². The minimum Gasteiger partial charge on any atom is -0.289 e. The Morgan fingerprint density at radius 3 is 1.21 bits per heavy atom. The first-order valence-electron chi connectivity index (χ1n) is 16.8. The van der Waals surface area contributed by atoms with E-state index in [1.165, 1.54) is 88.2 Å². The lowest BCUT2D eigenvalue weighted by atomic mass is 10.0. The summed E-state index contributed by atoms with van der Waals surface area (Å²) in [5.74, 6) is 7.63. The van der Waals surface area contributed by atoms with Crippen LogP contribution in [0.5, 0.6) is 0 Å². The summed E-state index contributed by atoms with van der Waals surface area (Å²) < 4.78 is 0. The van der Waals surface area contributed by atoms with Crippen molar-refractivity contribution in [2.75, 3.05) is 14.1 Å². The minimum absolute atomic E-state index is 0.281. The van der Waals surface area contributed by atoms with Gasteiger partial charge in [-0.05, 0) is 63.7 Å². The zero-order chi connectivity index (χ0) is 30.1. The molecule has 0 aliphatic carbocycles. The summed E-state index contributed by atoms with van der Waals surface area (Å²) in [6, 6.07) is 22.3. The van der Waals surface area contributed by atoms with Crippen LogP contribution in [0.2, 0.25) is 0 Å². The zero-order valence-electron chi connectivity index (χ0n) is 27.1. The molecule has 0 saturated heterocycles. The monoisotopic (exact) mass is 568 g/mol. The first kappa shape index (κ1) is 35.6. The van der Waals surface area contributed by atoms with Crippen molar-refractivity contribution in [3.05, 3.63) is 97.1 Å². The molecule has 230 valence electrons. The quantitative estimate of drug-likeness (QED) is 0.0706.